The summed E-state index contributed by atoms with van der Waals surface area (Å²) in [7, 11) is 1.96. The standard InChI is InChI=1S/C25H37N3O3/c1-19(29)27-14-11-22(12-15-27)28-16-13-23-21(17-28)9-4-3-7-20-8-5-6-10-24(20)31-18-25(30)26(23)2/h5-6,8,10,21-23H,3-4,7,9,11-18H2,1-2H3/t21-,23+/m0/s1. The normalized spacial score (nSPS) is 26.8. The number of hydrogen-bond acceptors (Lipinski definition) is 4. The summed E-state index contributed by atoms with van der Waals surface area (Å²) >= 11 is 0. The quantitative estimate of drug-likeness (QED) is 0.692. The van der Waals surface area contributed by atoms with Gasteiger partial charge in [0.15, 0.2) is 6.61 Å². The lowest BCUT2D eigenvalue weighted by Gasteiger charge is -2.47. The van der Waals surface area contributed by atoms with Crippen molar-refractivity contribution in [3.05, 3.63) is 29.8 Å². The third-order valence-corrected chi connectivity index (χ3v) is 7.64. The Morgan fingerprint density at radius 1 is 1.03 bits per heavy atom. The van der Waals surface area contributed by atoms with Crippen molar-refractivity contribution < 1.29 is 14.3 Å². The molecular weight excluding hydrogens is 390 g/mol. The highest BCUT2D eigenvalue weighted by Gasteiger charge is 2.37. The number of benzene rings is 1. The van der Waals surface area contributed by atoms with E-state index < -0.39 is 0 Å². The van der Waals surface area contributed by atoms with Crippen LogP contribution >= 0.6 is 0 Å². The highest BCUT2D eigenvalue weighted by molar-refractivity contribution is 5.78. The number of likely N-dealkylation sites (tertiary alicyclic amines) is 2. The molecule has 3 heterocycles. The minimum absolute atomic E-state index is 0.0774. The lowest BCUT2D eigenvalue weighted by Crippen LogP contribution is -2.56. The first-order valence-electron chi connectivity index (χ1n) is 12.0. The van der Waals surface area contributed by atoms with E-state index in [1.165, 1.54) is 12.0 Å². The third-order valence-electron chi connectivity index (χ3n) is 7.64. The van der Waals surface area contributed by atoms with Crippen LogP contribution in [0.3, 0.4) is 0 Å². The molecule has 170 valence electrons. The molecule has 0 saturated carbocycles. The van der Waals surface area contributed by atoms with Crippen LogP contribution in [0.15, 0.2) is 24.3 Å². The molecule has 0 radical (unpaired) electrons. The van der Waals surface area contributed by atoms with E-state index in [2.05, 4.69) is 17.0 Å². The fourth-order valence-electron chi connectivity index (χ4n) is 5.72. The molecule has 1 aromatic rings. The van der Waals surface area contributed by atoms with Crippen LogP contribution in [0.4, 0.5) is 0 Å². The van der Waals surface area contributed by atoms with Gasteiger partial charge in [0.1, 0.15) is 5.75 Å². The minimum atomic E-state index is 0.0774. The number of hydrogen-bond donors (Lipinski definition) is 0. The molecule has 0 spiro atoms. The summed E-state index contributed by atoms with van der Waals surface area (Å²) in [4.78, 5) is 31.2. The molecule has 0 N–H and O–H groups in total. The van der Waals surface area contributed by atoms with Gasteiger partial charge < -0.3 is 14.5 Å². The van der Waals surface area contributed by atoms with Gasteiger partial charge in [0, 0.05) is 52.2 Å². The van der Waals surface area contributed by atoms with Gasteiger partial charge in [0.05, 0.1) is 0 Å². The van der Waals surface area contributed by atoms with Crippen molar-refractivity contribution in [1.29, 1.82) is 0 Å². The van der Waals surface area contributed by atoms with Crippen LogP contribution in [0, 0.1) is 5.92 Å². The van der Waals surface area contributed by atoms with Crippen molar-refractivity contribution in [2.75, 3.05) is 39.8 Å². The van der Waals surface area contributed by atoms with Crippen molar-refractivity contribution in [3.63, 3.8) is 0 Å². The summed E-state index contributed by atoms with van der Waals surface area (Å²) in [6.45, 7) is 5.63. The number of amides is 2. The van der Waals surface area contributed by atoms with Gasteiger partial charge in [-0.05, 0) is 56.1 Å². The second-order valence-corrected chi connectivity index (χ2v) is 9.50. The van der Waals surface area contributed by atoms with E-state index in [1.54, 1.807) is 6.92 Å². The first kappa shape index (κ1) is 22.1. The Morgan fingerprint density at radius 3 is 2.58 bits per heavy atom. The zero-order valence-corrected chi connectivity index (χ0v) is 19.1. The lowest BCUT2D eigenvalue weighted by atomic mass is 9.84. The van der Waals surface area contributed by atoms with Gasteiger partial charge in [-0.1, -0.05) is 24.6 Å². The number of carbonyl (C=O) groups is 2. The maximum Gasteiger partial charge on any atom is 0.260 e. The molecule has 6 nitrogen and oxygen atoms in total. The average molecular weight is 428 g/mol. The maximum atomic E-state index is 12.9. The number of carbonyl (C=O) groups excluding carboxylic acids is 2. The summed E-state index contributed by atoms with van der Waals surface area (Å²) in [5.74, 6) is 1.63. The number of fused-ring (bicyclic) bond motifs is 2. The van der Waals surface area contributed by atoms with E-state index >= 15 is 0 Å². The molecular formula is C25H37N3O3. The van der Waals surface area contributed by atoms with Gasteiger partial charge in [-0.15, -0.1) is 0 Å². The number of ether oxygens (including phenoxy) is 1. The van der Waals surface area contributed by atoms with Crippen molar-refractivity contribution >= 4 is 11.8 Å². The van der Waals surface area contributed by atoms with Gasteiger partial charge in [-0.3, -0.25) is 14.5 Å². The van der Waals surface area contributed by atoms with Gasteiger partial charge in [-0.25, -0.2) is 0 Å². The number of likely N-dealkylation sites (N-methyl/N-ethyl adjacent to an activating group) is 1. The molecule has 6 heteroatoms. The highest BCUT2D eigenvalue weighted by Crippen LogP contribution is 2.31. The molecule has 0 bridgehead atoms. The molecule has 3 aliphatic rings. The average Bonchev–Trinajstić information content (AvgIpc) is 2.79. The summed E-state index contributed by atoms with van der Waals surface area (Å²) in [5.41, 5.74) is 1.21. The van der Waals surface area contributed by atoms with Gasteiger partial charge in [0.2, 0.25) is 5.91 Å². The fraction of sp³-hybridized carbons (Fsp3) is 0.680. The number of nitrogens with zero attached hydrogens (tertiary/aromatic N) is 3. The summed E-state index contributed by atoms with van der Waals surface area (Å²) < 4.78 is 5.93. The molecule has 2 atom stereocenters. The molecule has 2 fully saturated rings. The van der Waals surface area contributed by atoms with E-state index in [4.69, 9.17) is 4.74 Å². The molecule has 4 rings (SSSR count). The van der Waals surface area contributed by atoms with Crippen LogP contribution in [0.2, 0.25) is 0 Å². The zero-order valence-electron chi connectivity index (χ0n) is 19.1. The predicted octanol–water partition coefficient (Wildman–Crippen LogP) is 2.95. The van der Waals surface area contributed by atoms with Crippen LogP contribution in [0.25, 0.3) is 0 Å². The number of piperidine rings is 2. The van der Waals surface area contributed by atoms with Crippen LogP contribution in [0.1, 0.15) is 51.0 Å². The Labute approximate surface area is 186 Å². The molecule has 2 saturated heterocycles. The monoisotopic (exact) mass is 427 g/mol. The van der Waals surface area contributed by atoms with Crippen LogP contribution in [0.5, 0.6) is 5.75 Å². The Kier molecular flexibility index (Phi) is 7.16. The third kappa shape index (κ3) is 5.22. The first-order valence-corrected chi connectivity index (χ1v) is 12.0. The summed E-state index contributed by atoms with van der Waals surface area (Å²) in [6, 6.07) is 8.98. The molecule has 1 aromatic carbocycles. The molecule has 0 aromatic heterocycles. The Morgan fingerprint density at radius 2 is 1.81 bits per heavy atom. The lowest BCUT2D eigenvalue weighted by molar-refractivity contribution is -0.136. The molecule has 0 aliphatic carbocycles. The minimum Gasteiger partial charge on any atom is -0.483 e. The van der Waals surface area contributed by atoms with Gasteiger partial charge >= 0.3 is 0 Å². The summed E-state index contributed by atoms with van der Waals surface area (Å²) in [6.07, 6.45) is 7.65. The Balaban J connectivity index is 1.42. The van der Waals surface area contributed by atoms with E-state index in [9.17, 15) is 9.59 Å². The number of aryl methyl sites for hydroxylation is 1. The maximum absolute atomic E-state index is 12.9. The Bertz CT molecular complexity index is 775. The SMILES string of the molecule is CC(=O)N1CCC(N2CC[C@@H]3[C@@H](CCCCc4ccccc4OCC(=O)N3C)C2)CC1. The van der Waals surface area contributed by atoms with Crippen molar-refractivity contribution in [2.45, 2.75) is 64.0 Å². The number of para-hydroxylation sites is 1. The largest absolute Gasteiger partial charge is 0.483 e. The van der Waals surface area contributed by atoms with Gasteiger partial charge in [-0.2, -0.15) is 0 Å². The van der Waals surface area contributed by atoms with E-state index in [0.717, 1.165) is 70.5 Å². The second-order valence-electron chi connectivity index (χ2n) is 9.50. The van der Waals surface area contributed by atoms with Crippen molar-refractivity contribution in [3.8, 4) is 5.75 Å². The van der Waals surface area contributed by atoms with Gasteiger partial charge in [0.25, 0.3) is 5.91 Å². The number of rotatable bonds is 1. The van der Waals surface area contributed by atoms with Crippen LogP contribution < -0.4 is 4.74 Å². The fourth-order valence-corrected chi connectivity index (χ4v) is 5.72. The van der Waals surface area contributed by atoms with E-state index in [1.807, 2.05) is 29.0 Å². The zero-order chi connectivity index (χ0) is 21.8. The Hall–Kier alpha value is -2.08. The molecule has 0 unspecified atom stereocenters. The molecule has 2 amide bonds. The van der Waals surface area contributed by atoms with Crippen molar-refractivity contribution in [2.24, 2.45) is 5.92 Å². The predicted molar refractivity (Wildman–Crippen MR) is 121 cm³/mol. The second kappa shape index (κ2) is 10.0. The van der Waals surface area contributed by atoms with Crippen LogP contribution in [-0.2, 0) is 16.0 Å². The smallest absolute Gasteiger partial charge is 0.260 e. The summed E-state index contributed by atoms with van der Waals surface area (Å²) in [5, 5.41) is 0. The molecule has 31 heavy (non-hydrogen) atoms. The van der Waals surface area contributed by atoms with E-state index in [0.29, 0.717) is 18.0 Å². The highest BCUT2D eigenvalue weighted by atomic mass is 16.5. The molecule has 3 aliphatic heterocycles. The topological polar surface area (TPSA) is 53.1 Å². The first-order chi connectivity index (χ1) is 15.0. The van der Waals surface area contributed by atoms with Crippen LogP contribution in [-0.4, -0.2) is 78.4 Å². The van der Waals surface area contributed by atoms with E-state index in [-0.39, 0.29) is 18.4 Å². The van der Waals surface area contributed by atoms with Crippen molar-refractivity contribution in [1.82, 2.24) is 14.7 Å².